The SMILES string of the molecule is COCCCCCNC(=O)NC(=O)CC(C)(C)CC(=O)O. The molecule has 0 heterocycles. The molecule has 0 atom stereocenters. The largest absolute Gasteiger partial charge is 0.481 e. The molecule has 0 aromatic carbocycles. The number of aliphatic carboxylic acids is 1. The second-order valence-electron chi connectivity index (χ2n) is 5.77. The summed E-state index contributed by atoms with van der Waals surface area (Å²) in [5.41, 5.74) is -0.684. The molecular weight excluding hydrogens is 276 g/mol. The standard InChI is InChI=1S/C14H26N2O5/c1-14(2,10-12(18)19)9-11(17)16-13(20)15-7-5-4-6-8-21-3/h4-10H2,1-3H3,(H,18,19)(H2,15,16,17,20). The van der Waals surface area contributed by atoms with E-state index in [0.717, 1.165) is 19.3 Å². The molecule has 0 spiro atoms. The van der Waals surface area contributed by atoms with E-state index in [9.17, 15) is 14.4 Å². The first-order valence-corrected chi connectivity index (χ1v) is 7.05. The lowest BCUT2D eigenvalue weighted by Gasteiger charge is -2.21. The molecule has 0 aromatic rings. The van der Waals surface area contributed by atoms with Gasteiger partial charge in [-0.1, -0.05) is 13.8 Å². The highest BCUT2D eigenvalue weighted by atomic mass is 16.5. The number of carboxylic acids is 1. The Kier molecular flexibility index (Phi) is 9.36. The Hall–Kier alpha value is -1.63. The minimum Gasteiger partial charge on any atom is -0.481 e. The summed E-state index contributed by atoms with van der Waals surface area (Å²) >= 11 is 0. The smallest absolute Gasteiger partial charge is 0.321 e. The third-order valence-electron chi connectivity index (χ3n) is 2.83. The number of unbranched alkanes of at least 4 members (excludes halogenated alkanes) is 2. The zero-order valence-electron chi connectivity index (χ0n) is 13.0. The monoisotopic (exact) mass is 302 g/mol. The number of methoxy groups -OCH3 is 1. The average Bonchev–Trinajstić information content (AvgIpc) is 2.30. The summed E-state index contributed by atoms with van der Waals surface area (Å²) in [5, 5.41) is 13.5. The molecule has 21 heavy (non-hydrogen) atoms. The molecule has 0 fully saturated rings. The lowest BCUT2D eigenvalue weighted by molar-refractivity contribution is -0.139. The minimum atomic E-state index is -0.965. The van der Waals surface area contributed by atoms with Gasteiger partial charge in [-0.25, -0.2) is 4.79 Å². The van der Waals surface area contributed by atoms with Crippen LogP contribution >= 0.6 is 0 Å². The number of carbonyl (C=O) groups is 3. The number of carboxylic acid groups (broad SMARTS) is 1. The Morgan fingerprint density at radius 2 is 1.76 bits per heavy atom. The van der Waals surface area contributed by atoms with E-state index in [1.807, 2.05) is 0 Å². The summed E-state index contributed by atoms with van der Waals surface area (Å²) in [7, 11) is 1.64. The summed E-state index contributed by atoms with van der Waals surface area (Å²) < 4.78 is 4.91. The summed E-state index contributed by atoms with van der Waals surface area (Å²) in [6.07, 6.45) is 2.55. The quantitative estimate of drug-likeness (QED) is 0.531. The Balaban J connectivity index is 3.84. The fraction of sp³-hybridized carbons (Fsp3) is 0.786. The number of urea groups is 1. The van der Waals surface area contributed by atoms with Crippen molar-refractivity contribution >= 4 is 17.9 Å². The van der Waals surface area contributed by atoms with Crippen molar-refractivity contribution in [1.29, 1.82) is 0 Å². The molecule has 0 saturated carbocycles. The van der Waals surface area contributed by atoms with Crippen LogP contribution in [-0.4, -0.2) is 43.3 Å². The van der Waals surface area contributed by atoms with Gasteiger partial charge in [0.05, 0.1) is 6.42 Å². The third kappa shape index (κ3) is 11.9. The van der Waals surface area contributed by atoms with Crippen LogP contribution in [0.3, 0.4) is 0 Å². The highest BCUT2D eigenvalue weighted by molar-refractivity contribution is 5.94. The molecule has 3 amide bonds. The zero-order chi connectivity index (χ0) is 16.3. The second-order valence-corrected chi connectivity index (χ2v) is 5.77. The third-order valence-corrected chi connectivity index (χ3v) is 2.83. The van der Waals surface area contributed by atoms with Crippen molar-refractivity contribution < 1.29 is 24.2 Å². The highest BCUT2D eigenvalue weighted by Gasteiger charge is 2.25. The maximum Gasteiger partial charge on any atom is 0.321 e. The first-order valence-electron chi connectivity index (χ1n) is 7.05. The Morgan fingerprint density at radius 1 is 1.10 bits per heavy atom. The molecule has 0 aliphatic carbocycles. The normalized spacial score (nSPS) is 11.0. The summed E-state index contributed by atoms with van der Waals surface area (Å²) in [6, 6.07) is -0.544. The predicted octanol–water partition coefficient (Wildman–Crippen LogP) is 1.52. The number of nitrogens with one attached hydrogen (secondary N) is 2. The first-order chi connectivity index (χ1) is 9.76. The van der Waals surface area contributed by atoms with Crippen molar-refractivity contribution in [2.24, 2.45) is 5.41 Å². The molecule has 7 heteroatoms. The van der Waals surface area contributed by atoms with Crippen LogP contribution in [0.15, 0.2) is 0 Å². The molecule has 0 aromatic heterocycles. The van der Waals surface area contributed by atoms with Crippen LogP contribution < -0.4 is 10.6 Å². The van der Waals surface area contributed by atoms with Gasteiger partial charge >= 0.3 is 12.0 Å². The highest BCUT2D eigenvalue weighted by Crippen LogP contribution is 2.24. The van der Waals surface area contributed by atoms with Crippen molar-refractivity contribution in [3.05, 3.63) is 0 Å². The van der Waals surface area contributed by atoms with Crippen LogP contribution in [0.4, 0.5) is 4.79 Å². The van der Waals surface area contributed by atoms with Gasteiger partial charge in [0.2, 0.25) is 5.91 Å². The van der Waals surface area contributed by atoms with Crippen LogP contribution in [0.25, 0.3) is 0 Å². The molecule has 3 N–H and O–H groups in total. The van der Waals surface area contributed by atoms with Crippen LogP contribution in [0, 0.1) is 5.41 Å². The minimum absolute atomic E-state index is 0.0133. The molecule has 0 rings (SSSR count). The molecule has 0 radical (unpaired) electrons. The summed E-state index contributed by atoms with van der Waals surface area (Å²) in [6.45, 7) is 4.54. The van der Waals surface area contributed by atoms with Gasteiger partial charge in [0, 0.05) is 26.7 Å². The number of hydrogen-bond acceptors (Lipinski definition) is 4. The van der Waals surface area contributed by atoms with E-state index in [2.05, 4.69) is 10.6 Å². The number of hydrogen-bond donors (Lipinski definition) is 3. The van der Waals surface area contributed by atoms with E-state index in [0.29, 0.717) is 13.2 Å². The van der Waals surface area contributed by atoms with Crippen LogP contribution in [0.5, 0.6) is 0 Å². The maximum atomic E-state index is 11.6. The van der Waals surface area contributed by atoms with E-state index >= 15 is 0 Å². The molecule has 0 saturated heterocycles. The van der Waals surface area contributed by atoms with E-state index < -0.39 is 23.3 Å². The van der Waals surface area contributed by atoms with Gasteiger partial charge in [0.25, 0.3) is 0 Å². The number of rotatable bonds is 10. The van der Waals surface area contributed by atoms with E-state index in [-0.39, 0.29) is 12.8 Å². The number of imide groups is 1. The maximum absolute atomic E-state index is 11.6. The number of carbonyl (C=O) groups excluding carboxylic acids is 2. The van der Waals surface area contributed by atoms with E-state index in [1.54, 1.807) is 21.0 Å². The molecular formula is C14H26N2O5. The molecule has 0 aliphatic heterocycles. The van der Waals surface area contributed by atoms with Gasteiger partial charge in [0.15, 0.2) is 0 Å². The molecule has 0 bridgehead atoms. The van der Waals surface area contributed by atoms with Gasteiger partial charge in [-0.15, -0.1) is 0 Å². The van der Waals surface area contributed by atoms with Crippen molar-refractivity contribution in [3.63, 3.8) is 0 Å². The Bertz CT molecular complexity index is 355. The van der Waals surface area contributed by atoms with Gasteiger partial charge in [-0.05, 0) is 24.7 Å². The van der Waals surface area contributed by atoms with Crippen molar-refractivity contribution in [3.8, 4) is 0 Å². The van der Waals surface area contributed by atoms with Crippen molar-refractivity contribution in [2.45, 2.75) is 46.0 Å². The topological polar surface area (TPSA) is 105 Å². The van der Waals surface area contributed by atoms with Crippen LogP contribution in [-0.2, 0) is 14.3 Å². The predicted molar refractivity (Wildman–Crippen MR) is 77.9 cm³/mol. The van der Waals surface area contributed by atoms with Crippen molar-refractivity contribution in [2.75, 3.05) is 20.3 Å². The fourth-order valence-electron chi connectivity index (χ4n) is 1.87. The summed E-state index contributed by atoms with van der Waals surface area (Å²) in [5.74, 6) is -1.44. The molecule has 7 nitrogen and oxygen atoms in total. The van der Waals surface area contributed by atoms with Gasteiger partial charge in [-0.3, -0.25) is 14.9 Å². The lowest BCUT2D eigenvalue weighted by Crippen LogP contribution is -2.41. The Labute approximate surface area is 125 Å². The molecule has 122 valence electrons. The van der Waals surface area contributed by atoms with Gasteiger partial charge < -0.3 is 15.2 Å². The first kappa shape index (κ1) is 19.4. The van der Waals surface area contributed by atoms with Crippen molar-refractivity contribution in [1.82, 2.24) is 10.6 Å². The van der Waals surface area contributed by atoms with Gasteiger partial charge in [-0.2, -0.15) is 0 Å². The van der Waals surface area contributed by atoms with Crippen LogP contribution in [0.1, 0.15) is 46.0 Å². The lowest BCUT2D eigenvalue weighted by atomic mass is 9.85. The second kappa shape index (κ2) is 10.1. The fourth-order valence-corrected chi connectivity index (χ4v) is 1.87. The van der Waals surface area contributed by atoms with Crippen LogP contribution in [0.2, 0.25) is 0 Å². The average molecular weight is 302 g/mol. The molecule has 0 aliphatic rings. The van der Waals surface area contributed by atoms with E-state index in [4.69, 9.17) is 9.84 Å². The Morgan fingerprint density at radius 3 is 2.33 bits per heavy atom. The van der Waals surface area contributed by atoms with Gasteiger partial charge in [0.1, 0.15) is 0 Å². The number of ether oxygens (including phenoxy) is 1. The number of amides is 3. The van der Waals surface area contributed by atoms with E-state index in [1.165, 1.54) is 0 Å². The zero-order valence-corrected chi connectivity index (χ0v) is 13.0. The molecule has 0 unspecified atom stereocenters. The summed E-state index contributed by atoms with van der Waals surface area (Å²) in [4.78, 5) is 33.8.